The molecule has 152 valence electrons. The first-order chi connectivity index (χ1) is 13.9. The highest BCUT2D eigenvalue weighted by molar-refractivity contribution is 6.41. The Morgan fingerprint density at radius 1 is 1.21 bits per heavy atom. The van der Waals surface area contributed by atoms with E-state index in [9.17, 15) is 23.9 Å². The van der Waals surface area contributed by atoms with Crippen molar-refractivity contribution < 1.29 is 23.9 Å². The number of nitrogens with zero attached hydrogens (tertiary/aromatic N) is 1. The number of urea groups is 1. The fourth-order valence-corrected chi connectivity index (χ4v) is 2.99. The highest BCUT2D eigenvalue weighted by Gasteiger charge is 2.24. The van der Waals surface area contributed by atoms with Crippen molar-refractivity contribution in [1.29, 1.82) is 0 Å². The van der Waals surface area contributed by atoms with Gasteiger partial charge in [-0.15, -0.1) is 0 Å². The lowest BCUT2D eigenvalue weighted by molar-refractivity contribution is -0.136. The van der Waals surface area contributed by atoms with Crippen LogP contribution in [0.2, 0.25) is 5.02 Å². The van der Waals surface area contributed by atoms with Crippen molar-refractivity contribution in [2.24, 2.45) is 0 Å². The van der Waals surface area contributed by atoms with E-state index in [1.807, 2.05) is 0 Å². The van der Waals surface area contributed by atoms with E-state index in [1.54, 1.807) is 6.07 Å². The molecule has 1 heterocycles. The Hall–Kier alpha value is -3.17. The summed E-state index contributed by atoms with van der Waals surface area (Å²) in [5, 5.41) is 17.1. The van der Waals surface area contributed by atoms with Crippen LogP contribution < -0.4 is 20.9 Å². The summed E-state index contributed by atoms with van der Waals surface area (Å²) in [7, 11) is 0. The molecule has 3 rings (SSSR count). The van der Waals surface area contributed by atoms with Crippen molar-refractivity contribution in [3.8, 4) is 0 Å². The van der Waals surface area contributed by atoms with Gasteiger partial charge in [0.05, 0.1) is 23.4 Å². The third-order valence-corrected chi connectivity index (χ3v) is 4.66. The van der Waals surface area contributed by atoms with E-state index in [0.717, 1.165) is 0 Å². The Morgan fingerprint density at radius 3 is 2.55 bits per heavy atom. The molecule has 1 saturated heterocycles. The first kappa shape index (κ1) is 20.6. The van der Waals surface area contributed by atoms with Crippen LogP contribution in [0, 0.1) is 5.82 Å². The predicted octanol–water partition coefficient (Wildman–Crippen LogP) is 1.80. The zero-order valence-corrected chi connectivity index (χ0v) is 15.9. The third-order valence-electron chi connectivity index (χ3n) is 4.33. The third kappa shape index (κ3) is 4.82. The van der Waals surface area contributed by atoms with Gasteiger partial charge in [-0.05, 0) is 35.9 Å². The number of aliphatic hydroxyl groups is 1. The number of hydrogen-bond acceptors (Lipinski definition) is 4. The second-order valence-corrected chi connectivity index (χ2v) is 6.67. The standard InChI is InChI=1S/C19H18ClFN4O4/c20-14-6-5-13(25-8-7-22-19(25)29)9-15(14)23-17(27)18(28)24-16(10-26)11-1-3-12(21)4-2-11/h1-6,9,16,26H,7-8,10H2,(H,22,29)(H,23,27)(H,24,28). The molecule has 1 atom stereocenters. The maximum atomic E-state index is 13.0. The van der Waals surface area contributed by atoms with Crippen molar-refractivity contribution in [1.82, 2.24) is 10.6 Å². The minimum atomic E-state index is -1.01. The highest BCUT2D eigenvalue weighted by atomic mass is 35.5. The van der Waals surface area contributed by atoms with E-state index in [-0.39, 0.29) is 16.7 Å². The van der Waals surface area contributed by atoms with Gasteiger partial charge in [0, 0.05) is 18.8 Å². The zero-order valence-electron chi connectivity index (χ0n) is 15.1. The zero-order chi connectivity index (χ0) is 21.0. The summed E-state index contributed by atoms with van der Waals surface area (Å²) in [5.41, 5.74) is 1.11. The largest absolute Gasteiger partial charge is 0.394 e. The Morgan fingerprint density at radius 2 is 1.93 bits per heavy atom. The summed E-state index contributed by atoms with van der Waals surface area (Å²) >= 11 is 6.09. The number of anilines is 2. The fourth-order valence-electron chi connectivity index (χ4n) is 2.83. The van der Waals surface area contributed by atoms with Crippen molar-refractivity contribution >= 4 is 40.8 Å². The van der Waals surface area contributed by atoms with Crippen LogP contribution in [-0.2, 0) is 9.59 Å². The second-order valence-electron chi connectivity index (χ2n) is 6.26. The van der Waals surface area contributed by atoms with Crippen molar-refractivity contribution in [3.05, 3.63) is 58.9 Å². The highest BCUT2D eigenvalue weighted by Crippen LogP contribution is 2.28. The molecule has 1 aliphatic heterocycles. The number of rotatable bonds is 5. The number of carbonyl (C=O) groups is 3. The smallest absolute Gasteiger partial charge is 0.321 e. The van der Waals surface area contributed by atoms with E-state index in [0.29, 0.717) is 24.3 Å². The van der Waals surface area contributed by atoms with Gasteiger partial charge in [-0.3, -0.25) is 14.5 Å². The molecule has 1 unspecified atom stereocenters. The quantitative estimate of drug-likeness (QED) is 0.553. The molecule has 0 radical (unpaired) electrons. The van der Waals surface area contributed by atoms with E-state index >= 15 is 0 Å². The van der Waals surface area contributed by atoms with E-state index in [2.05, 4.69) is 16.0 Å². The van der Waals surface area contributed by atoms with Crippen LogP contribution in [0.25, 0.3) is 0 Å². The van der Waals surface area contributed by atoms with Crippen LogP contribution in [0.3, 0.4) is 0 Å². The molecule has 2 aromatic rings. The Kier molecular flexibility index (Phi) is 6.30. The van der Waals surface area contributed by atoms with Gasteiger partial charge in [0.2, 0.25) is 0 Å². The van der Waals surface area contributed by atoms with Crippen molar-refractivity contribution in [3.63, 3.8) is 0 Å². The van der Waals surface area contributed by atoms with Crippen LogP contribution >= 0.6 is 11.6 Å². The summed E-state index contributed by atoms with van der Waals surface area (Å²) in [6.45, 7) is 0.479. The van der Waals surface area contributed by atoms with Gasteiger partial charge in [-0.2, -0.15) is 0 Å². The first-order valence-corrected chi connectivity index (χ1v) is 9.10. The average Bonchev–Trinajstić information content (AvgIpc) is 3.14. The van der Waals surface area contributed by atoms with Gasteiger partial charge in [0.15, 0.2) is 0 Å². The molecule has 8 nitrogen and oxygen atoms in total. The maximum Gasteiger partial charge on any atom is 0.321 e. The molecule has 4 amide bonds. The minimum Gasteiger partial charge on any atom is -0.394 e. The Bertz CT molecular complexity index is 938. The van der Waals surface area contributed by atoms with E-state index in [4.69, 9.17) is 11.6 Å². The monoisotopic (exact) mass is 420 g/mol. The summed E-state index contributed by atoms with van der Waals surface area (Å²) < 4.78 is 13.0. The van der Waals surface area contributed by atoms with Gasteiger partial charge < -0.3 is 21.1 Å². The summed E-state index contributed by atoms with van der Waals surface area (Å²) in [5.74, 6) is -2.47. The molecule has 1 fully saturated rings. The maximum absolute atomic E-state index is 13.0. The molecule has 0 spiro atoms. The summed E-state index contributed by atoms with van der Waals surface area (Å²) in [6, 6.07) is 8.63. The number of benzene rings is 2. The minimum absolute atomic E-state index is 0.159. The van der Waals surface area contributed by atoms with Crippen molar-refractivity contribution in [2.45, 2.75) is 6.04 Å². The van der Waals surface area contributed by atoms with Crippen LogP contribution in [-0.4, -0.2) is 42.6 Å². The molecular formula is C19H18ClFN4O4. The lowest BCUT2D eigenvalue weighted by Crippen LogP contribution is -2.39. The van der Waals surface area contributed by atoms with Crippen LogP contribution in [0.5, 0.6) is 0 Å². The molecule has 29 heavy (non-hydrogen) atoms. The lowest BCUT2D eigenvalue weighted by atomic mass is 10.1. The molecule has 4 N–H and O–H groups in total. The molecule has 0 aliphatic carbocycles. The molecule has 1 aliphatic rings. The van der Waals surface area contributed by atoms with Gasteiger partial charge in [0.1, 0.15) is 5.82 Å². The normalized spacial score (nSPS) is 14.3. The lowest BCUT2D eigenvalue weighted by Gasteiger charge is -2.18. The molecule has 0 saturated carbocycles. The average molecular weight is 421 g/mol. The van der Waals surface area contributed by atoms with Crippen LogP contribution in [0.1, 0.15) is 11.6 Å². The Labute approximate surface area is 170 Å². The number of nitrogens with one attached hydrogen (secondary N) is 3. The second kappa shape index (κ2) is 8.89. The van der Waals surface area contributed by atoms with Crippen LogP contribution in [0.4, 0.5) is 20.6 Å². The topological polar surface area (TPSA) is 111 Å². The van der Waals surface area contributed by atoms with Crippen LogP contribution in [0.15, 0.2) is 42.5 Å². The molecule has 10 heteroatoms. The Balaban J connectivity index is 1.69. The fraction of sp³-hybridized carbons (Fsp3) is 0.211. The molecular weight excluding hydrogens is 403 g/mol. The summed E-state index contributed by atoms with van der Waals surface area (Å²) in [6.07, 6.45) is 0. The van der Waals surface area contributed by atoms with Crippen molar-refractivity contribution in [2.75, 3.05) is 29.9 Å². The number of carbonyl (C=O) groups excluding carboxylic acids is 3. The van der Waals surface area contributed by atoms with E-state index in [1.165, 1.54) is 41.3 Å². The number of halogens is 2. The van der Waals surface area contributed by atoms with E-state index < -0.39 is 30.3 Å². The number of amides is 4. The first-order valence-electron chi connectivity index (χ1n) is 8.72. The van der Waals surface area contributed by atoms with Gasteiger partial charge >= 0.3 is 17.8 Å². The molecule has 0 aromatic heterocycles. The van der Waals surface area contributed by atoms with Gasteiger partial charge in [-0.25, -0.2) is 9.18 Å². The predicted molar refractivity (Wildman–Crippen MR) is 105 cm³/mol. The van der Waals surface area contributed by atoms with Gasteiger partial charge in [-0.1, -0.05) is 23.7 Å². The number of hydrogen-bond donors (Lipinski definition) is 4. The molecule has 2 aromatic carbocycles. The number of aliphatic hydroxyl groups excluding tert-OH is 1. The summed E-state index contributed by atoms with van der Waals surface area (Å²) in [4.78, 5) is 37.8. The SMILES string of the molecule is O=C(Nc1cc(N2CCNC2=O)ccc1Cl)C(=O)NC(CO)c1ccc(F)cc1. The molecule has 0 bridgehead atoms. The van der Waals surface area contributed by atoms with Gasteiger partial charge in [0.25, 0.3) is 0 Å².